The highest BCUT2D eigenvalue weighted by atomic mass is 79.9. The number of rotatable bonds is 2. The molecule has 2 rings (SSSR count). The van der Waals surface area contributed by atoms with Gasteiger partial charge in [0.25, 0.3) is 0 Å². The molecule has 0 aliphatic heterocycles. The highest BCUT2D eigenvalue weighted by Crippen LogP contribution is 2.17. The molecule has 2 aromatic rings. The Bertz CT molecular complexity index is 457. The molecule has 74 valence electrons. The molecule has 5 heteroatoms. The van der Waals surface area contributed by atoms with Crippen molar-refractivity contribution in [3.05, 3.63) is 35.2 Å². The summed E-state index contributed by atoms with van der Waals surface area (Å²) < 4.78 is 1.80. The van der Waals surface area contributed by atoms with Crippen LogP contribution in [0.25, 0.3) is 5.65 Å². The minimum absolute atomic E-state index is 0.477. The molecule has 0 fully saturated rings. The summed E-state index contributed by atoms with van der Waals surface area (Å²) in [7, 11) is 0. The quantitative estimate of drug-likeness (QED) is 0.855. The number of hydrogen-bond acceptors (Lipinski definition) is 2. The fourth-order valence-corrected chi connectivity index (χ4v) is 1.72. The minimum Gasteiger partial charge on any atom is -0.386 e. The van der Waals surface area contributed by atoms with Crippen LogP contribution in [-0.4, -0.2) is 19.8 Å². The third-order valence-corrected chi connectivity index (χ3v) is 2.76. The fraction of sp³-hybridized carbons (Fsp3) is 0.222. The maximum absolute atomic E-state index is 9.54. The molecular formula is C9H8BrClN2O. The lowest BCUT2D eigenvalue weighted by atomic mass is 10.3. The minimum atomic E-state index is -0.575. The second-order valence-corrected chi connectivity index (χ2v) is 4.03. The molecule has 1 unspecified atom stereocenters. The Morgan fingerprint density at radius 2 is 2.29 bits per heavy atom. The Labute approximate surface area is 94.5 Å². The number of fused-ring (bicyclic) bond motifs is 1. The molecule has 1 N–H and O–H groups in total. The summed E-state index contributed by atoms with van der Waals surface area (Å²) in [6.07, 6.45) is 2.95. The van der Waals surface area contributed by atoms with E-state index in [1.807, 2.05) is 6.07 Å². The Balaban J connectivity index is 2.51. The van der Waals surface area contributed by atoms with Gasteiger partial charge in [-0.1, -0.05) is 27.5 Å². The van der Waals surface area contributed by atoms with E-state index in [0.29, 0.717) is 16.0 Å². The SMILES string of the molecule is OC(CBr)c1cn2cc(Cl)ccc2n1. The first-order valence-electron chi connectivity index (χ1n) is 4.09. The van der Waals surface area contributed by atoms with Crippen molar-refractivity contribution in [1.82, 2.24) is 9.38 Å². The first kappa shape index (κ1) is 9.96. The Hall–Kier alpha value is -0.580. The number of aromatic nitrogens is 2. The van der Waals surface area contributed by atoms with Crippen LogP contribution >= 0.6 is 27.5 Å². The van der Waals surface area contributed by atoms with Crippen LogP contribution in [0.3, 0.4) is 0 Å². The normalized spacial score (nSPS) is 13.4. The van der Waals surface area contributed by atoms with Crippen LogP contribution in [0, 0.1) is 0 Å². The van der Waals surface area contributed by atoms with Crippen LogP contribution < -0.4 is 0 Å². The molecular weight excluding hydrogens is 267 g/mol. The Kier molecular flexibility index (Phi) is 2.76. The van der Waals surface area contributed by atoms with E-state index in [0.717, 1.165) is 5.65 Å². The lowest BCUT2D eigenvalue weighted by Gasteiger charge is -1.99. The zero-order chi connectivity index (χ0) is 10.1. The maximum atomic E-state index is 9.54. The van der Waals surface area contributed by atoms with Gasteiger partial charge in [0.1, 0.15) is 11.8 Å². The monoisotopic (exact) mass is 274 g/mol. The number of alkyl halides is 1. The molecule has 2 heterocycles. The third kappa shape index (κ3) is 1.78. The molecule has 0 amide bonds. The van der Waals surface area contributed by atoms with E-state index in [2.05, 4.69) is 20.9 Å². The highest BCUT2D eigenvalue weighted by molar-refractivity contribution is 9.09. The third-order valence-electron chi connectivity index (χ3n) is 1.92. The van der Waals surface area contributed by atoms with Gasteiger partial charge in [-0.05, 0) is 12.1 Å². The number of aliphatic hydroxyl groups is 1. The number of halogens is 2. The van der Waals surface area contributed by atoms with E-state index in [1.165, 1.54) is 0 Å². The van der Waals surface area contributed by atoms with E-state index < -0.39 is 6.10 Å². The summed E-state index contributed by atoms with van der Waals surface area (Å²) in [4.78, 5) is 4.25. The smallest absolute Gasteiger partial charge is 0.137 e. The average molecular weight is 276 g/mol. The zero-order valence-corrected chi connectivity index (χ0v) is 9.53. The van der Waals surface area contributed by atoms with Gasteiger partial charge in [-0.25, -0.2) is 4.98 Å². The van der Waals surface area contributed by atoms with Crippen molar-refractivity contribution in [1.29, 1.82) is 0 Å². The second-order valence-electron chi connectivity index (χ2n) is 2.95. The number of aliphatic hydroxyl groups excluding tert-OH is 1. The molecule has 2 aromatic heterocycles. The van der Waals surface area contributed by atoms with Gasteiger partial charge >= 0.3 is 0 Å². The van der Waals surface area contributed by atoms with Gasteiger partial charge in [0.2, 0.25) is 0 Å². The molecule has 14 heavy (non-hydrogen) atoms. The van der Waals surface area contributed by atoms with E-state index in [-0.39, 0.29) is 0 Å². The van der Waals surface area contributed by atoms with Gasteiger partial charge in [-0.15, -0.1) is 0 Å². The van der Waals surface area contributed by atoms with Crippen LogP contribution in [0.5, 0.6) is 0 Å². The summed E-state index contributed by atoms with van der Waals surface area (Å²) in [5.41, 5.74) is 1.42. The van der Waals surface area contributed by atoms with Crippen molar-refractivity contribution in [2.24, 2.45) is 0 Å². The molecule has 0 aliphatic carbocycles. The summed E-state index contributed by atoms with van der Waals surface area (Å²) in [6.45, 7) is 0. The van der Waals surface area contributed by atoms with Crippen LogP contribution in [0.1, 0.15) is 11.8 Å². The van der Waals surface area contributed by atoms with Crippen LogP contribution in [0.4, 0.5) is 0 Å². The van der Waals surface area contributed by atoms with E-state index in [9.17, 15) is 5.11 Å². The predicted molar refractivity (Wildman–Crippen MR) is 59.0 cm³/mol. The maximum Gasteiger partial charge on any atom is 0.137 e. The zero-order valence-electron chi connectivity index (χ0n) is 7.19. The Morgan fingerprint density at radius 3 is 3.00 bits per heavy atom. The molecule has 1 atom stereocenters. The summed E-state index contributed by atoms with van der Waals surface area (Å²) in [6, 6.07) is 3.58. The number of imidazole rings is 1. The first-order valence-corrected chi connectivity index (χ1v) is 5.59. The summed E-state index contributed by atoms with van der Waals surface area (Å²) in [5.74, 6) is 0. The van der Waals surface area contributed by atoms with Gasteiger partial charge in [-0.2, -0.15) is 0 Å². The second kappa shape index (κ2) is 3.88. The van der Waals surface area contributed by atoms with E-state index in [1.54, 1.807) is 22.9 Å². The highest BCUT2D eigenvalue weighted by Gasteiger charge is 2.09. The van der Waals surface area contributed by atoms with Crippen molar-refractivity contribution >= 4 is 33.2 Å². The van der Waals surface area contributed by atoms with Crippen molar-refractivity contribution in [2.75, 3.05) is 5.33 Å². The molecule has 3 nitrogen and oxygen atoms in total. The van der Waals surface area contributed by atoms with Crippen LogP contribution in [-0.2, 0) is 0 Å². The molecule has 0 aliphatic rings. The van der Waals surface area contributed by atoms with Gasteiger partial charge < -0.3 is 9.51 Å². The summed E-state index contributed by atoms with van der Waals surface area (Å²) >= 11 is 9.02. The van der Waals surface area contributed by atoms with Crippen LogP contribution in [0.15, 0.2) is 24.5 Å². The molecule has 0 spiro atoms. The molecule has 0 bridgehead atoms. The number of hydrogen-bond donors (Lipinski definition) is 1. The molecule has 0 aromatic carbocycles. The Morgan fingerprint density at radius 1 is 1.50 bits per heavy atom. The summed E-state index contributed by atoms with van der Waals surface area (Å²) in [5, 5.41) is 10.7. The van der Waals surface area contributed by atoms with E-state index in [4.69, 9.17) is 11.6 Å². The molecule has 0 saturated heterocycles. The predicted octanol–water partition coefficient (Wildman–Crippen LogP) is 2.42. The number of nitrogens with zero attached hydrogens (tertiary/aromatic N) is 2. The van der Waals surface area contributed by atoms with Crippen molar-refractivity contribution in [3.63, 3.8) is 0 Å². The fourth-order valence-electron chi connectivity index (χ4n) is 1.22. The van der Waals surface area contributed by atoms with E-state index >= 15 is 0 Å². The van der Waals surface area contributed by atoms with Gasteiger partial charge in [0.05, 0.1) is 10.7 Å². The lowest BCUT2D eigenvalue weighted by molar-refractivity contribution is 0.201. The largest absolute Gasteiger partial charge is 0.386 e. The standard InChI is InChI=1S/C9H8BrClN2O/c10-3-8(14)7-5-13-4-6(11)1-2-9(13)12-7/h1-2,4-5,8,14H,3H2. The van der Waals surface area contributed by atoms with Gasteiger partial charge in [0.15, 0.2) is 0 Å². The average Bonchev–Trinajstić information content (AvgIpc) is 2.59. The van der Waals surface area contributed by atoms with Gasteiger partial charge in [0, 0.05) is 17.7 Å². The van der Waals surface area contributed by atoms with Crippen molar-refractivity contribution in [2.45, 2.75) is 6.10 Å². The van der Waals surface area contributed by atoms with Crippen LogP contribution in [0.2, 0.25) is 5.02 Å². The topological polar surface area (TPSA) is 37.5 Å². The number of pyridine rings is 1. The molecule has 0 saturated carbocycles. The molecule has 0 radical (unpaired) electrons. The lowest BCUT2D eigenvalue weighted by Crippen LogP contribution is -1.97. The first-order chi connectivity index (χ1) is 6.70. The van der Waals surface area contributed by atoms with Crippen molar-refractivity contribution in [3.8, 4) is 0 Å². The van der Waals surface area contributed by atoms with Gasteiger partial charge in [-0.3, -0.25) is 0 Å². The van der Waals surface area contributed by atoms with Crippen molar-refractivity contribution < 1.29 is 5.11 Å².